The molecular formula is C6H16O3S4. The van der Waals surface area contributed by atoms with E-state index in [0.29, 0.717) is 0 Å². The molecule has 0 aliphatic heterocycles. The third kappa shape index (κ3) is 43.7. The highest BCUT2D eigenvalue weighted by Crippen LogP contribution is 2.21. The van der Waals surface area contributed by atoms with Crippen LogP contribution in [0.1, 0.15) is 26.7 Å². The Morgan fingerprint density at radius 3 is 1.54 bits per heavy atom. The molecule has 0 spiro atoms. The minimum Gasteiger partial charge on any atom is -0.285 e. The fourth-order valence-corrected chi connectivity index (χ4v) is 2.56. The van der Waals surface area contributed by atoms with Crippen molar-refractivity contribution in [3.05, 3.63) is 0 Å². The van der Waals surface area contributed by atoms with E-state index < -0.39 is 9.05 Å². The zero-order valence-corrected chi connectivity index (χ0v) is 11.0. The lowest BCUT2D eigenvalue weighted by atomic mass is 10.6. The van der Waals surface area contributed by atoms with E-state index in [2.05, 4.69) is 25.0 Å². The summed E-state index contributed by atoms with van der Waals surface area (Å²) in [4.78, 5) is 0. The highest BCUT2D eigenvalue weighted by atomic mass is 33.1. The summed E-state index contributed by atoms with van der Waals surface area (Å²) in [6.07, 6.45) is 2.61. The van der Waals surface area contributed by atoms with E-state index in [-0.39, 0.29) is 0 Å². The number of hydrogen-bond donors (Lipinski definition) is 2. The molecule has 0 fully saturated rings. The van der Waals surface area contributed by atoms with Crippen LogP contribution in [0.3, 0.4) is 0 Å². The average molecular weight is 264 g/mol. The number of rotatable bonds is 5. The fraction of sp³-hybridized carbons (Fsp3) is 1.00. The molecule has 0 atom stereocenters. The quantitative estimate of drug-likeness (QED) is 0.588. The SMILES string of the molecule is CCCSSCCC.O=S(O)(O)=S. The zero-order chi connectivity index (χ0) is 10.7. The van der Waals surface area contributed by atoms with Gasteiger partial charge in [0.25, 0.3) is 9.05 Å². The maximum atomic E-state index is 9.11. The van der Waals surface area contributed by atoms with Crippen LogP contribution in [0, 0.1) is 0 Å². The van der Waals surface area contributed by atoms with Crippen molar-refractivity contribution in [2.24, 2.45) is 0 Å². The van der Waals surface area contributed by atoms with Gasteiger partial charge in [0.2, 0.25) is 0 Å². The Hall–Kier alpha value is 0.990. The first-order valence-corrected chi connectivity index (χ1v) is 8.74. The summed E-state index contributed by atoms with van der Waals surface area (Å²) in [5, 5.41) is 0. The first-order valence-electron chi connectivity index (χ1n) is 3.86. The maximum absolute atomic E-state index is 9.11. The van der Waals surface area contributed by atoms with Gasteiger partial charge in [-0.25, -0.2) is 0 Å². The topological polar surface area (TPSA) is 57.5 Å². The molecule has 13 heavy (non-hydrogen) atoms. The second kappa shape index (κ2) is 11.1. The van der Waals surface area contributed by atoms with Crippen LogP contribution in [0.15, 0.2) is 0 Å². The van der Waals surface area contributed by atoms with Crippen molar-refractivity contribution in [2.45, 2.75) is 26.7 Å². The van der Waals surface area contributed by atoms with Crippen molar-refractivity contribution in [3.8, 4) is 0 Å². The van der Waals surface area contributed by atoms with Crippen molar-refractivity contribution < 1.29 is 13.3 Å². The van der Waals surface area contributed by atoms with E-state index in [1.807, 2.05) is 21.6 Å². The summed E-state index contributed by atoms with van der Waals surface area (Å²) in [5.41, 5.74) is 0. The van der Waals surface area contributed by atoms with E-state index >= 15 is 0 Å². The summed E-state index contributed by atoms with van der Waals surface area (Å²) in [6, 6.07) is 0. The minimum absolute atomic E-state index is 1.31. The number of hydrogen-bond acceptors (Lipinski definition) is 4. The van der Waals surface area contributed by atoms with Gasteiger partial charge in [0.1, 0.15) is 0 Å². The third-order valence-corrected chi connectivity index (χ3v) is 3.47. The molecule has 3 nitrogen and oxygen atoms in total. The molecule has 0 amide bonds. The van der Waals surface area contributed by atoms with Crippen LogP contribution in [0.25, 0.3) is 0 Å². The Labute approximate surface area is 93.2 Å². The van der Waals surface area contributed by atoms with E-state index in [0.717, 1.165) is 0 Å². The molecule has 0 saturated carbocycles. The van der Waals surface area contributed by atoms with Crippen LogP contribution in [-0.2, 0) is 20.2 Å². The van der Waals surface area contributed by atoms with Gasteiger partial charge in [-0.05, 0) is 12.8 Å². The van der Waals surface area contributed by atoms with Crippen molar-refractivity contribution >= 4 is 41.8 Å². The molecule has 0 aromatic rings. The van der Waals surface area contributed by atoms with E-state index in [1.165, 1.54) is 24.3 Å². The molecule has 2 N–H and O–H groups in total. The van der Waals surface area contributed by atoms with E-state index in [1.54, 1.807) is 0 Å². The normalized spacial score (nSPS) is 10.5. The molecule has 0 unspecified atom stereocenters. The molecule has 0 aliphatic carbocycles. The van der Waals surface area contributed by atoms with Crippen molar-refractivity contribution in [3.63, 3.8) is 0 Å². The summed E-state index contributed by atoms with van der Waals surface area (Å²) >= 11 is 3.47. The molecule has 0 bridgehead atoms. The Morgan fingerprint density at radius 2 is 1.38 bits per heavy atom. The lowest BCUT2D eigenvalue weighted by molar-refractivity contribution is 0.450. The first kappa shape index (κ1) is 16.4. The molecule has 82 valence electrons. The van der Waals surface area contributed by atoms with Crippen LogP contribution in [0.5, 0.6) is 0 Å². The summed E-state index contributed by atoms with van der Waals surface area (Å²) in [5.74, 6) is 2.62. The van der Waals surface area contributed by atoms with Gasteiger partial charge in [0.15, 0.2) is 0 Å². The second-order valence-electron chi connectivity index (χ2n) is 2.09. The van der Waals surface area contributed by atoms with Gasteiger partial charge in [0, 0.05) is 22.7 Å². The van der Waals surface area contributed by atoms with Gasteiger partial charge in [-0.15, -0.1) is 0 Å². The molecule has 0 aromatic heterocycles. The van der Waals surface area contributed by atoms with Gasteiger partial charge < -0.3 is 0 Å². The molecule has 0 radical (unpaired) electrons. The predicted molar refractivity (Wildman–Crippen MR) is 66.3 cm³/mol. The van der Waals surface area contributed by atoms with Gasteiger partial charge in [-0.3, -0.25) is 9.11 Å². The maximum Gasteiger partial charge on any atom is 0.263 e. The van der Waals surface area contributed by atoms with Crippen LogP contribution in [0.4, 0.5) is 0 Å². The van der Waals surface area contributed by atoms with E-state index in [4.69, 9.17) is 13.3 Å². The second-order valence-corrected chi connectivity index (χ2v) is 6.99. The van der Waals surface area contributed by atoms with Crippen molar-refractivity contribution in [1.29, 1.82) is 0 Å². The molecule has 0 aromatic carbocycles. The van der Waals surface area contributed by atoms with E-state index in [9.17, 15) is 0 Å². The highest BCUT2D eigenvalue weighted by Gasteiger charge is 1.83. The summed E-state index contributed by atoms with van der Waals surface area (Å²) < 4.78 is 24.0. The molecule has 0 aliphatic rings. The smallest absolute Gasteiger partial charge is 0.263 e. The standard InChI is InChI=1S/C6H14S2.H2O3S2/c1-3-5-7-8-6-4-2;1-5(2,3)4/h3-6H2,1-2H3;(H2,1,2,3,4). The minimum atomic E-state index is -3.83. The van der Waals surface area contributed by atoms with Gasteiger partial charge in [-0.1, -0.05) is 35.4 Å². The van der Waals surface area contributed by atoms with Crippen molar-refractivity contribution in [2.75, 3.05) is 11.5 Å². The lowest BCUT2D eigenvalue weighted by Crippen LogP contribution is -1.86. The van der Waals surface area contributed by atoms with Crippen molar-refractivity contribution in [1.82, 2.24) is 0 Å². The third-order valence-electron chi connectivity index (χ3n) is 0.658. The molecule has 7 heteroatoms. The van der Waals surface area contributed by atoms with Crippen LogP contribution in [-0.4, -0.2) is 24.8 Å². The van der Waals surface area contributed by atoms with Crippen LogP contribution >= 0.6 is 21.6 Å². The lowest BCUT2D eigenvalue weighted by Gasteiger charge is -1.93. The highest BCUT2D eigenvalue weighted by molar-refractivity contribution is 8.76. The molecule has 0 rings (SSSR count). The molecular weight excluding hydrogens is 248 g/mol. The molecule has 0 saturated heterocycles. The summed E-state index contributed by atoms with van der Waals surface area (Å²) in [6.45, 7) is 4.44. The van der Waals surface area contributed by atoms with Crippen LogP contribution in [0.2, 0.25) is 0 Å². The predicted octanol–water partition coefficient (Wildman–Crippen LogP) is 2.87. The monoisotopic (exact) mass is 264 g/mol. The Morgan fingerprint density at radius 1 is 1.15 bits per heavy atom. The van der Waals surface area contributed by atoms with Crippen LogP contribution < -0.4 is 0 Å². The Balaban J connectivity index is 0. The fourth-order valence-electron chi connectivity index (χ4n) is 0.285. The Kier molecular flexibility index (Phi) is 14.0. The van der Waals surface area contributed by atoms with Gasteiger partial charge in [0.05, 0.1) is 0 Å². The largest absolute Gasteiger partial charge is 0.285 e. The Bertz CT molecular complexity index is 164. The molecule has 0 heterocycles. The summed E-state index contributed by atoms with van der Waals surface area (Å²) in [7, 11) is 0.156. The van der Waals surface area contributed by atoms with Gasteiger partial charge in [-0.2, -0.15) is 4.21 Å². The van der Waals surface area contributed by atoms with Gasteiger partial charge >= 0.3 is 0 Å². The average Bonchev–Trinajstić information content (AvgIpc) is 1.95. The first-order chi connectivity index (χ1) is 5.91. The zero-order valence-electron chi connectivity index (χ0n) is 7.76.